The average molecular weight is 518 g/mol. The fourth-order valence-electron chi connectivity index (χ4n) is 4.45. The number of likely N-dealkylation sites (tertiary alicyclic amines) is 2. The zero-order valence-corrected chi connectivity index (χ0v) is 21.0. The average Bonchev–Trinajstić information content (AvgIpc) is 3.41. The Bertz CT molecular complexity index is 1080. The first kappa shape index (κ1) is 27.8. The largest absolute Gasteiger partial charge is 0.480 e. The van der Waals surface area contributed by atoms with Crippen molar-refractivity contribution in [3.05, 3.63) is 35.4 Å². The quantitative estimate of drug-likeness (QED) is 0.560. The summed E-state index contributed by atoms with van der Waals surface area (Å²) in [4.78, 5) is 74.5. The van der Waals surface area contributed by atoms with Gasteiger partial charge in [-0.25, -0.2) is 9.59 Å². The van der Waals surface area contributed by atoms with Gasteiger partial charge in [0.25, 0.3) is 17.7 Å². The molecule has 4 rings (SSSR count). The summed E-state index contributed by atoms with van der Waals surface area (Å²) in [6, 6.07) is 4.67. The third kappa shape index (κ3) is 5.96. The summed E-state index contributed by atoms with van der Waals surface area (Å²) in [5.74, 6) is -3.00. The molecule has 1 aromatic carbocycles. The molecule has 1 aromatic rings. The number of carboxylic acids is 1. The van der Waals surface area contributed by atoms with E-state index in [1.54, 1.807) is 45.0 Å². The van der Waals surface area contributed by atoms with Crippen LogP contribution >= 0.6 is 0 Å². The van der Waals surface area contributed by atoms with Crippen LogP contribution in [-0.4, -0.2) is 98.0 Å². The minimum Gasteiger partial charge on any atom is -0.480 e. The molecule has 200 valence electrons. The Morgan fingerprint density at radius 1 is 1.03 bits per heavy atom. The molecule has 3 heterocycles. The molecule has 5 amide bonds. The zero-order chi connectivity index (χ0) is 27.5. The molecule has 0 spiro atoms. The minimum absolute atomic E-state index is 0.0593. The number of carboxylic acid groups (broad SMARTS) is 1. The van der Waals surface area contributed by atoms with Gasteiger partial charge in [0.05, 0.1) is 24.3 Å². The van der Waals surface area contributed by atoms with Crippen molar-refractivity contribution in [2.45, 2.75) is 64.1 Å². The molecule has 2 saturated heterocycles. The van der Waals surface area contributed by atoms with Gasteiger partial charge in [-0.15, -0.1) is 0 Å². The summed E-state index contributed by atoms with van der Waals surface area (Å²) in [7, 11) is 0. The van der Waals surface area contributed by atoms with Crippen molar-refractivity contribution >= 4 is 35.7 Å². The number of amides is 5. The molecule has 12 heteroatoms. The number of aliphatic hydroxyl groups is 1. The molecule has 3 aliphatic heterocycles. The van der Waals surface area contributed by atoms with Crippen molar-refractivity contribution in [3.63, 3.8) is 0 Å². The molecule has 0 aromatic heterocycles. The van der Waals surface area contributed by atoms with E-state index in [9.17, 15) is 28.8 Å². The number of fused-ring (bicyclic) bond motifs is 1. The number of aliphatic hydroxyl groups excluding tert-OH is 1. The topological polar surface area (TPSA) is 162 Å². The second-order valence-corrected chi connectivity index (χ2v) is 9.86. The number of β-amino-alcohol motifs (C(OH)–C–C–N with tert-alkyl or cyclic N) is 1. The van der Waals surface area contributed by atoms with Gasteiger partial charge in [0, 0.05) is 13.0 Å². The van der Waals surface area contributed by atoms with Crippen molar-refractivity contribution < 1.29 is 43.7 Å². The van der Waals surface area contributed by atoms with E-state index in [4.69, 9.17) is 14.9 Å². The van der Waals surface area contributed by atoms with Crippen molar-refractivity contribution in [2.24, 2.45) is 0 Å². The smallest absolute Gasteiger partial charge is 0.411 e. The molecule has 2 fully saturated rings. The van der Waals surface area contributed by atoms with Crippen LogP contribution in [0.25, 0.3) is 0 Å². The molecule has 0 radical (unpaired) electrons. The van der Waals surface area contributed by atoms with E-state index in [-0.39, 0.29) is 37.1 Å². The lowest BCUT2D eigenvalue weighted by Gasteiger charge is -2.34. The number of hydrogen-bond acceptors (Lipinski definition) is 8. The third-order valence-corrected chi connectivity index (χ3v) is 6.11. The predicted molar refractivity (Wildman–Crippen MR) is 127 cm³/mol. The maximum atomic E-state index is 12.4. The number of imide groups is 2. The van der Waals surface area contributed by atoms with Gasteiger partial charge in [-0.3, -0.25) is 33.9 Å². The summed E-state index contributed by atoms with van der Waals surface area (Å²) in [6.07, 6.45) is 0.868. The van der Waals surface area contributed by atoms with Gasteiger partial charge in [-0.05, 0) is 52.2 Å². The SMILES string of the molecule is CC(C)(C)OC(=O)N1CCC[C@H]1C(=O)O.O=C1CCC(N2C(=O)c3ccccc3C2=O)C(=O)N1CCO. The molecule has 12 nitrogen and oxygen atoms in total. The van der Waals surface area contributed by atoms with Gasteiger partial charge >= 0.3 is 12.1 Å². The molecule has 0 saturated carbocycles. The number of piperidine rings is 1. The fourth-order valence-corrected chi connectivity index (χ4v) is 4.45. The van der Waals surface area contributed by atoms with Gasteiger partial charge < -0.3 is 14.9 Å². The highest BCUT2D eigenvalue weighted by Gasteiger charge is 2.46. The van der Waals surface area contributed by atoms with Gasteiger partial charge in [0.1, 0.15) is 17.7 Å². The highest BCUT2D eigenvalue weighted by molar-refractivity contribution is 6.23. The van der Waals surface area contributed by atoms with E-state index in [1.165, 1.54) is 4.90 Å². The van der Waals surface area contributed by atoms with Crippen LogP contribution in [-0.2, 0) is 19.1 Å². The summed E-state index contributed by atoms with van der Waals surface area (Å²) >= 11 is 0. The second-order valence-electron chi connectivity index (χ2n) is 9.86. The molecular formula is C25H31N3O9. The number of rotatable bonds is 4. The molecule has 3 aliphatic rings. The lowest BCUT2D eigenvalue weighted by Crippen LogP contribution is -2.56. The molecule has 37 heavy (non-hydrogen) atoms. The Hall–Kier alpha value is -3.80. The van der Waals surface area contributed by atoms with Crippen LogP contribution in [0.1, 0.15) is 67.2 Å². The first-order chi connectivity index (χ1) is 17.4. The number of ether oxygens (including phenoxy) is 1. The monoisotopic (exact) mass is 517 g/mol. The highest BCUT2D eigenvalue weighted by Crippen LogP contribution is 2.29. The first-order valence-electron chi connectivity index (χ1n) is 12.0. The van der Waals surface area contributed by atoms with Gasteiger partial charge in [-0.2, -0.15) is 0 Å². The van der Waals surface area contributed by atoms with Gasteiger partial charge in [0.15, 0.2) is 0 Å². The number of nitrogens with zero attached hydrogens (tertiary/aromatic N) is 3. The van der Waals surface area contributed by atoms with Gasteiger partial charge in [-0.1, -0.05) is 12.1 Å². The van der Waals surface area contributed by atoms with Crippen molar-refractivity contribution in [2.75, 3.05) is 19.7 Å². The minimum atomic E-state index is -0.989. The fraction of sp³-hybridized carbons (Fsp3) is 0.520. The Balaban J connectivity index is 0.000000222. The predicted octanol–water partition coefficient (Wildman–Crippen LogP) is 1.26. The van der Waals surface area contributed by atoms with Crippen LogP contribution in [0.5, 0.6) is 0 Å². The van der Waals surface area contributed by atoms with E-state index in [0.717, 1.165) is 16.2 Å². The Labute approximate surface area is 213 Å². The van der Waals surface area contributed by atoms with Crippen LogP contribution in [0.2, 0.25) is 0 Å². The van der Waals surface area contributed by atoms with E-state index in [0.29, 0.717) is 13.0 Å². The summed E-state index contributed by atoms with van der Waals surface area (Å²) in [6.45, 7) is 5.26. The normalized spacial score (nSPS) is 21.6. The van der Waals surface area contributed by atoms with Crippen molar-refractivity contribution in [1.82, 2.24) is 14.7 Å². The summed E-state index contributed by atoms with van der Waals surface area (Å²) < 4.78 is 5.13. The number of carbonyl (C=O) groups is 6. The molecule has 0 bridgehead atoms. The number of aliphatic carboxylic acids is 1. The van der Waals surface area contributed by atoms with E-state index in [2.05, 4.69) is 0 Å². The van der Waals surface area contributed by atoms with E-state index < -0.39 is 53.4 Å². The van der Waals surface area contributed by atoms with Crippen molar-refractivity contribution in [1.29, 1.82) is 0 Å². The highest BCUT2D eigenvalue weighted by atomic mass is 16.6. The van der Waals surface area contributed by atoms with Crippen LogP contribution in [0.4, 0.5) is 4.79 Å². The second kappa shape index (κ2) is 11.1. The first-order valence-corrected chi connectivity index (χ1v) is 12.0. The Kier molecular flexibility index (Phi) is 8.32. The molecule has 2 N–H and O–H groups in total. The lowest BCUT2D eigenvalue weighted by molar-refractivity contribution is -0.152. The standard InChI is InChI=1S/C15H14N2O5.C10H17NO4/c18-8-7-16-12(19)6-5-11(15(16)22)17-13(20)9-3-1-2-4-10(9)14(17)21;1-10(2,3)15-9(14)11-6-4-5-7(11)8(12)13/h1-4,11,18H,5-8H2;7H,4-6H2,1-3H3,(H,12,13)/t;7-/m.0/s1. The number of benzene rings is 1. The maximum Gasteiger partial charge on any atom is 0.411 e. The number of hydrogen-bond donors (Lipinski definition) is 2. The summed E-state index contributed by atoms with van der Waals surface area (Å²) in [5, 5.41) is 17.8. The van der Waals surface area contributed by atoms with Crippen LogP contribution < -0.4 is 0 Å². The maximum absolute atomic E-state index is 12.4. The Morgan fingerprint density at radius 3 is 2.14 bits per heavy atom. The third-order valence-electron chi connectivity index (χ3n) is 6.11. The zero-order valence-electron chi connectivity index (χ0n) is 21.0. The van der Waals surface area contributed by atoms with E-state index >= 15 is 0 Å². The van der Waals surface area contributed by atoms with Crippen molar-refractivity contribution in [3.8, 4) is 0 Å². The molecular weight excluding hydrogens is 486 g/mol. The molecule has 2 atom stereocenters. The molecule has 1 unspecified atom stereocenters. The van der Waals surface area contributed by atoms with Crippen LogP contribution in [0, 0.1) is 0 Å². The summed E-state index contributed by atoms with van der Waals surface area (Å²) in [5.41, 5.74) is -0.0419. The molecule has 0 aliphatic carbocycles. The van der Waals surface area contributed by atoms with E-state index in [1.807, 2.05) is 0 Å². The number of carbonyl (C=O) groups excluding carboxylic acids is 5. The van der Waals surface area contributed by atoms with Gasteiger partial charge in [0.2, 0.25) is 5.91 Å². The van der Waals surface area contributed by atoms with Crippen LogP contribution in [0.3, 0.4) is 0 Å². The van der Waals surface area contributed by atoms with Crippen LogP contribution in [0.15, 0.2) is 24.3 Å². The lowest BCUT2D eigenvalue weighted by atomic mass is 10.0. The Morgan fingerprint density at radius 2 is 1.62 bits per heavy atom.